The quantitative estimate of drug-likeness (QED) is 0.144. The number of carbonyl (C=O) groups is 3. The van der Waals surface area contributed by atoms with Gasteiger partial charge in [0, 0.05) is 31.6 Å². The van der Waals surface area contributed by atoms with Gasteiger partial charge >= 0.3 is 12.2 Å². The van der Waals surface area contributed by atoms with Crippen LogP contribution in [0.15, 0.2) is 103 Å². The van der Waals surface area contributed by atoms with E-state index < -0.39 is 11.7 Å². The van der Waals surface area contributed by atoms with E-state index in [1.165, 1.54) is 4.90 Å². The second kappa shape index (κ2) is 17.2. The Balaban J connectivity index is 1.23. The van der Waals surface area contributed by atoms with Gasteiger partial charge in [0.25, 0.3) is 0 Å². The fourth-order valence-corrected chi connectivity index (χ4v) is 6.38. The minimum Gasteiger partial charge on any atom is -0.490 e. The number of hydrogen-bond donors (Lipinski definition) is 1. The summed E-state index contributed by atoms with van der Waals surface area (Å²) in [5.41, 5.74) is 3.37. The van der Waals surface area contributed by atoms with Crippen LogP contribution in [0.25, 0.3) is 11.0 Å². The van der Waals surface area contributed by atoms with Crippen LogP contribution in [0.1, 0.15) is 69.1 Å². The highest BCUT2D eigenvalue weighted by molar-refractivity contribution is 5.88. The maximum absolute atomic E-state index is 13.9. The van der Waals surface area contributed by atoms with E-state index in [4.69, 9.17) is 19.2 Å². The van der Waals surface area contributed by atoms with Crippen molar-refractivity contribution in [1.82, 2.24) is 19.8 Å². The van der Waals surface area contributed by atoms with Crippen molar-refractivity contribution in [1.29, 1.82) is 5.26 Å². The number of nitrogens with one attached hydrogen (secondary N) is 1. The summed E-state index contributed by atoms with van der Waals surface area (Å²) in [5, 5.41) is 12.7. The van der Waals surface area contributed by atoms with E-state index in [0.717, 1.165) is 11.1 Å². The molecule has 0 bridgehead atoms. The summed E-state index contributed by atoms with van der Waals surface area (Å²) in [6, 6.07) is 33.3. The lowest BCUT2D eigenvalue weighted by molar-refractivity contribution is -0.122. The molecule has 0 spiro atoms. The van der Waals surface area contributed by atoms with Crippen LogP contribution in [0.5, 0.6) is 5.75 Å². The van der Waals surface area contributed by atoms with Gasteiger partial charge in [-0.05, 0) is 81.3 Å². The van der Waals surface area contributed by atoms with Crippen molar-refractivity contribution in [3.05, 3.63) is 126 Å². The van der Waals surface area contributed by atoms with Crippen LogP contribution in [0.3, 0.4) is 0 Å². The summed E-state index contributed by atoms with van der Waals surface area (Å²) in [7, 11) is 0. The molecular weight excluding hydrogens is 697 g/mol. The molecule has 1 N–H and O–H groups in total. The zero-order valence-electron chi connectivity index (χ0n) is 31.6. The summed E-state index contributed by atoms with van der Waals surface area (Å²) >= 11 is 0. The van der Waals surface area contributed by atoms with Crippen molar-refractivity contribution < 1.29 is 28.6 Å². The predicted octanol–water partition coefficient (Wildman–Crippen LogP) is 7.91. The highest BCUT2D eigenvalue weighted by Crippen LogP contribution is 2.27. The van der Waals surface area contributed by atoms with E-state index in [9.17, 15) is 19.6 Å². The Kier molecular flexibility index (Phi) is 12.0. The molecule has 0 radical (unpaired) electrons. The Morgan fingerprint density at radius 3 is 2.27 bits per heavy atom. The molecule has 1 atom stereocenters. The smallest absolute Gasteiger partial charge is 0.415 e. The van der Waals surface area contributed by atoms with Gasteiger partial charge in [-0.15, -0.1) is 0 Å². The first-order valence-electron chi connectivity index (χ1n) is 18.4. The number of likely N-dealkylation sites (tertiary alicyclic amines) is 1. The molecule has 1 aromatic heterocycles. The molecule has 5 aromatic rings. The van der Waals surface area contributed by atoms with E-state index >= 15 is 0 Å². The van der Waals surface area contributed by atoms with Gasteiger partial charge in [-0.1, -0.05) is 60.7 Å². The number of nitrogens with zero attached hydrogens (tertiary/aromatic N) is 5. The average molecular weight is 743 g/mol. The molecule has 3 amide bonds. The van der Waals surface area contributed by atoms with E-state index in [2.05, 4.69) is 11.4 Å². The third-order valence-corrected chi connectivity index (χ3v) is 9.21. The molecule has 55 heavy (non-hydrogen) atoms. The summed E-state index contributed by atoms with van der Waals surface area (Å²) in [6.45, 7) is 8.48. The molecule has 4 aromatic carbocycles. The molecule has 12 nitrogen and oxygen atoms in total. The Morgan fingerprint density at radius 2 is 1.62 bits per heavy atom. The van der Waals surface area contributed by atoms with Crippen LogP contribution >= 0.6 is 0 Å². The third-order valence-electron chi connectivity index (χ3n) is 9.21. The van der Waals surface area contributed by atoms with E-state index in [1.54, 1.807) is 51.9 Å². The molecule has 284 valence electrons. The maximum Gasteiger partial charge on any atom is 0.415 e. The summed E-state index contributed by atoms with van der Waals surface area (Å²) in [4.78, 5) is 48.0. The standard InChI is InChI=1S/C43H46N6O6/c1-30(33-13-9-6-10-14-33)45-40(50)28-49-38-20-15-32(26-44)25-37(38)46-39(49)27-48(42(52)53-29-31-11-7-5-8-12-31)34-16-18-35(19-17-34)54-36-21-23-47(24-22-36)41(51)55-43(2,3)4/h5-20,25,30,36H,21-24,27-29H2,1-4H3,(H,45,50)/t30-/m0/s1. The fourth-order valence-electron chi connectivity index (χ4n) is 6.38. The van der Waals surface area contributed by atoms with E-state index in [1.807, 2.05) is 88.4 Å². The van der Waals surface area contributed by atoms with Crippen LogP contribution < -0.4 is 15.0 Å². The van der Waals surface area contributed by atoms with Crippen LogP contribution in [0, 0.1) is 11.3 Å². The van der Waals surface area contributed by atoms with Crippen LogP contribution in [0.4, 0.5) is 15.3 Å². The Bertz CT molecular complexity index is 2130. The Labute approximate surface area is 321 Å². The molecule has 1 aliphatic rings. The van der Waals surface area contributed by atoms with Gasteiger partial charge < -0.3 is 29.0 Å². The molecule has 1 aliphatic heterocycles. The lowest BCUT2D eigenvalue weighted by Crippen LogP contribution is -2.44. The van der Waals surface area contributed by atoms with Gasteiger partial charge in [0.2, 0.25) is 5.91 Å². The average Bonchev–Trinajstić information content (AvgIpc) is 3.52. The van der Waals surface area contributed by atoms with Gasteiger partial charge in [0.1, 0.15) is 36.4 Å². The minimum absolute atomic E-state index is 0.0327. The molecule has 0 saturated carbocycles. The monoisotopic (exact) mass is 742 g/mol. The topological polar surface area (TPSA) is 139 Å². The second-order valence-electron chi connectivity index (χ2n) is 14.5. The Morgan fingerprint density at radius 1 is 0.945 bits per heavy atom. The fraction of sp³-hybridized carbons (Fsp3) is 0.326. The summed E-state index contributed by atoms with van der Waals surface area (Å²) in [5.74, 6) is 0.816. The van der Waals surface area contributed by atoms with Gasteiger partial charge in [0.05, 0.1) is 35.3 Å². The second-order valence-corrected chi connectivity index (χ2v) is 14.5. The van der Waals surface area contributed by atoms with Crippen LogP contribution in [-0.4, -0.2) is 57.3 Å². The number of rotatable bonds is 11. The zero-order valence-corrected chi connectivity index (χ0v) is 31.6. The number of amides is 3. The third kappa shape index (κ3) is 10.2. The van der Waals surface area contributed by atoms with Crippen molar-refractivity contribution >= 4 is 34.8 Å². The van der Waals surface area contributed by atoms with Crippen molar-refractivity contribution in [3.8, 4) is 11.8 Å². The predicted molar refractivity (Wildman–Crippen MR) is 208 cm³/mol. The normalized spacial score (nSPS) is 13.8. The zero-order chi connectivity index (χ0) is 39.0. The molecule has 1 fully saturated rings. The van der Waals surface area contributed by atoms with E-state index in [0.29, 0.717) is 59.8 Å². The first-order chi connectivity index (χ1) is 26.5. The molecule has 6 rings (SSSR count). The number of piperidine rings is 1. The van der Waals surface area contributed by atoms with Crippen molar-refractivity contribution in [2.24, 2.45) is 0 Å². The first-order valence-corrected chi connectivity index (χ1v) is 18.4. The molecule has 1 saturated heterocycles. The summed E-state index contributed by atoms with van der Waals surface area (Å²) < 4.78 is 19.4. The number of hydrogen-bond acceptors (Lipinski definition) is 8. The minimum atomic E-state index is -0.606. The number of ether oxygens (including phenoxy) is 3. The molecular formula is C43H46N6O6. The number of imidazole rings is 1. The van der Waals surface area contributed by atoms with Gasteiger partial charge in [-0.3, -0.25) is 9.69 Å². The highest BCUT2D eigenvalue weighted by Gasteiger charge is 2.28. The lowest BCUT2D eigenvalue weighted by atomic mass is 10.1. The Hall–Kier alpha value is -6.35. The number of carbonyl (C=O) groups excluding carboxylic acids is 3. The van der Waals surface area contributed by atoms with E-state index in [-0.39, 0.29) is 43.8 Å². The highest BCUT2D eigenvalue weighted by atomic mass is 16.6. The van der Waals surface area contributed by atoms with Crippen molar-refractivity contribution in [3.63, 3.8) is 0 Å². The largest absolute Gasteiger partial charge is 0.490 e. The van der Waals surface area contributed by atoms with Crippen molar-refractivity contribution in [2.45, 2.75) is 78.0 Å². The molecule has 0 aliphatic carbocycles. The van der Waals surface area contributed by atoms with Crippen molar-refractivity contribution in [2.75, 3.05) is 18.0 Å². The number of benzene rings is 4. The van der Waals surface area contributed by atoms with Crippen LogP contribution in [-0.2, 0) is 34.0 Å². The number of anilines is 1. The van der Waals surface area contributed by atoms with Gasteiger partial charge in [0.15, 0.2) is 0 Å². The number of fused-ring (bicyclic) bond motifs is 1. The maximum atomic E-state index is 13.9. The number of aromatic nitrogens is 2. The van der Waals surface area contributed by atoms with Gasteiger partial charge in [-0.25, -0.2) is 14.6 Å². The molecule has 12 heteroatoms. The summed E-state index contributed by atoms with van der Waals surface area (Å²) in [6.07, 6.45) is 0.285. The lowest BCUT2D eigenvalue weighted by Gasteiger charge is -2.33. The number of nitriles is 1. The van der Waals surface area contributed by atoms with Crippen LogP contribution in [0.2, 0.25) is 0 Å². The first kappa shape index (κ1) is 38.4. The molecule has 0 unspecified atom stereocenters. The SMILES string of the molecule is C[C@H](NC(=O)Cn1c(CN(C(=O)OCc2ccccc2)c2ccc(OC3CCN(C(=O)OC(C)(C)C)CC3)cc2)nc2cc(C#N)ccc21)c1ccccc1. The molecule has 2 heterocycles. The van der Waals surface area contributed by atoms with Gasteiger partial charge in [-0.2, -0.15) is 5.26 Å².